The molecule has 0 heterocycles. The van der Waals surface area contributed by atoms with Crippen LogP contribution in [-0.4, -0.2) is 45.4 Å². The summed E-state index contributed by atoms with van der Waals surface area (Å²) in [6.07, 6.45) is 0. The van der Waals surface area contributed by atoms with Gasteiger partial charge in [-0.05, 0) is 18.2 Å². The van der Waals surface area contributed by atoms with Crippen molar-refractivity contribution in [2.45, 2.75) is 4.90 Å². The number of benzene rings is 1. The molecule has 12 heavy (non-hydrogen) atoms. The second-order valence-corrected chi connectivity index (χ2v) is 2.90. The molecule has 0 aliphatic heterocycles. The predicted octanol–water partition coefficient (Wildman–Crippen LogP) is 0.627. The maximum absolute atomic E-state index is 10.5. The van der Waals surface area contributed by atoms with Gasteiger partial charge in [0.25, 0.3) is 0 Å². The summed E-state index contributed by atoms with van der Waals surface area (Å²) in [6.45, 7) is 0. The van der Waals surface area contributed by atoms with Gasteiger partial charge in [0.15, 0.2) is 11.1 Å². The average Bonchev–Trinajstić information content (AvgIpc) is 2.05. The van der Waals surface area contributed by atoms with Gasteiger partial charge in [-0.2, -0.15) is 0 Å². The van der Waals surface area contributed by atoms with Crippen molar-refractivity contribution >= 4 is 40.6 Å². The summed E-state index contributed by atoms with van der Waals surface area (Å²) in [6, 6.07) is 6.48. The van der Waals surface area contributed by atoms with Gasteiger partial charge >= 0.3 is 29.6 Å². The van der Waals surface area contributed by atoms with Crippen molar-refractivity contribution in [1.29, 1.82) is 0 Å². The fraction of sp³-hybridized carbons (Fsp3) is 0.143. The van der Waals surface area contributed by atoms with E-state index in [-0.39, 0.29) is 29.6 Å². The molecule has 1 rings (SSSR count). The third-order valence-corrected chi connectivity index (χ3v) is 1.90. The minimum atomic E-state index is -1.92. The van der Waals surface area contributed by atoms with Crippen LogP contribution < -0.4 is 4.74 Å². The van der Waals surface area contributed by atoms with Crippen LogP contribution in [0, 0.1) is 0 Å². The van der Waals surface area contributed by atoms with Crippen molar-refractivity contribution in [3.63, 3.8) is 0 Å². The van der Waals surface area contributed by atoms with E-state index in [1.807, 2.05) is 0 Å². The molecule has 0 spiro atoms. The summed E-state index contributed by atoms with van der Waals surface area (Å²) in [4.78, 5) is 0.351. The zero-order valence-electron chi connectivity index (χ0n) is 5.98. The Balaban J connectivity index is 0.00000121. The van der Waals surface area contributed by atoms with Crippen molar-refractivity contribution < 1.29 is 13.5 Å². The summed E-state index contributed by atoms with van der Waals surface area (Å²) in [5.74, 6) is 0.588. The Labute approximate surface area is 95.7 Å². The summed E-state index contributed by atoms with van der Waals surface area (Å²) in [7, 11) is 1.51. The van der Waals surface area contributed by atoms with E-state index in [0.29, 0.717) is 10.6 Å². The molecule has 0 aliphatic carbocycles. The van der Waals surface area contributed by atoms with Gasteiger partial charge < -0.3 is 9.29 Å². The van der Waals surface area contributed by atoms with E-state index in [9.17, 15) is 4.21 Å². The van der Waals surface area contributed by atoms with Gasteiger partial charge in [0.2, 0.25) is 0 Å². The van der Waals surface area contributed by atoms with E-state index in [4.69, 9.17) is 9.29 Å². The molecule has 1 aromatic carbocycles. The number of hydrogen-bond donors (Lipinski definition) is 1. The first-order valence-corrected chi connectivity index (χ1v) is 4.09. The van der Waals surface area contributed by atoms with Crippen LogP contribution in [0.4, 0.5) is 0 Å². The molecule has 1 aromatic rings. The van der Waals surface area contributed by atoms with Gasteiger partial charge in [-0.3, -0.25) is 0 Å². The Morgan fingerprint density at radius 1 is 1.50 bits per heavy atom. The van der Waals surface area contributed by atoms with E-state index in [0.717, 1.165) is 0 Å². The van der Waals surface area contributed by atoms with Gasteiger partial charge in [-0.1, -0.05) is 6.07 Å². The summed E-state index contributed by atoms with van der Waals surface area (Å²) >= 11 is -1.92. The van der Waals surface area contributed by atoms with Crippen LogP contribution in [-0.2, 0) is 11.1 Å². The van der Waals surface area contributed by atoms with Crippen LogP contribution in [0.5, 0.6) is 5.75 Å². The molecule has 1 atom stereocenters. The molecule has 0 saturated carbocycles. The second kappa shape index (κ2) is 5.72. The topological polar surface area (TPSA) is 46.5 Å². The Morgan fingerprint density at radius 3 is 2.67 bits per heavy atom. The van der Waals surface area contributed by atoms with E-state index >= 15 is 0 Å². The summed E-state index contributed by atoms with van der Waals surface area (Å²) in [5.41, 5.74) is 0. The molecule has 0 aromatic heterocycles. The molecule has 0 radical (unpaired) electrons. The van der Waals surface area contributed by atoms with Crippen LogP contribution >= 0.6 is 0 Å². The normalized spacial score (nSPS) is 11.5. The standard InChI is InChI=1S/C7H8O3S.Na.H/c1-10-6-3-2-4-7(5-6)11(8)9;;/h2-5H,1H3,(H,8,9);;. The molecule has 0 amide bonds. The molecule has 0 aliphatic rings. The first kappa shape index (κ1) is 12.1. The SMILES string of the molecule is COc1cccc(S(=O)O)c1.[NaH]. The monoisotopic (exact) mass is 196 g/mol. The molecule has 3 nitrogen and oxygen atoms in total. The average molecular weight is 196 g/mol. The maximum atomic E-state index is 10.5. The zero-order valence-corrected chi connectivity index (χ0v) is 6.80. The molecule has 0 saturated heterocycles. The number of rotatable bonds is 2. The van der Waals surface area contributed by atoms with Crippen LogP contribution in [0.15, 0.2) is 29.2 Å². The second-order valence-electron chi connectivity index (χ2n) is 1.93. The van der Waals surface area contributed by atoms with Crippen molar-refractivity contribution in [3.05, 3.63) is 24.3 Å². The van der Waals surface area contributed by atoms with Gasteiger partial charge in [-0.15, -0.1) is 0 Å². The molecule has 62 valence electrons. The fourth-order valence-electron chi connectivity index (χ4n) is 0.710. The van der Waals surface area contributed by atoms with Crippen LogP contribution in [0.2, 0.25) is 0 Å². The van der Waals surface area contributed by atoms with Gasteiger partial charge in [0.1, 0.15) is 5.75 Å². The predicted molar refractivity (Wildman–Crippen MR) is 49.2 cm³/mol. The number of methoxy groups -OCH3 is 1. The minimum absolute atomic E-state index is 0. The van der Waals surface area contributed by atoms with Crippen LogP contribution in [0.1, 0.15) is 0 Å². The third-order valence-electron chi connectivity index (χ3n) is 1.24. The van der Waals surface area contributed by atoms with Crippen LogP contribution in [0.25, 0.3) is 0 Å². The van der Waals surface area contributed by atoms with Crippen LogP contribution in [0.3, 0.4) is 0 Å². The molecule has 1 unspecified atom stereocenters. The number of ether oxygens (including phenoxy) is 1. The first-order valence-electron chi connectivity index (χ1n) is 2.99. The van der Waals surface area contributed by atoms with E-state index in [1.165, 1.54) is 13.2 Å². The molecule has 0 bridgehead atoms. The number of hydrogen-bond acceptors (Lipinski definition) is 2. The third kappa shape index (κ3) is 3.25. The summed E-state index contributed by atoms with van der Waals surface area (Å²) in [5, 5.41) is 0. The Morgan fingerprint density at radius 2 is 2.17 bits per heavy atom. The summed E-state index contributed by atoms with van der Waals surface area (Å²) < 4.78 is 24.0. The molecule has 1 N–H and O–H groups in total. The van der Waals surface area contributed by atoms with Gasteiger partial charge in [0, 0.05) is 0 Å². The van der Waals surface area contributed by atoms with E-state index in [2.05, 4.69) is 0 Å². The fourth-order valence-corrected chi connectivity index (χ4v) is 1.12. The first-order chi connectivity index (χ1) is 5.24. The van der Waals surface area contributed by atoms with Crippen molar-refractivity contribution in [3.8, 4) is 5.75 Å². The van der Waals surface area contributed by atoms with Gasteiger partial charge in [-0.25, -0.2) is 4.21 Å². The van der Waals surface area contributed by atoms with Gasteiger partial charge in [0.05, 0.1) is 12.0 Å². The van der Waals surface area contributed by atoms with E-state index < -0.39 is 11.1 Å². The van der Waals surface area contributed by atoms with E-state index in [1.54, 1.807) is 18.2 Å². The molecular weight excluding hydrogens is 187 g/mol. The van der Waals surface area contributed by atoms with Crippen molar-refractivity contribution in [2.24, 2.45) is 0 Å². The quantitative estimate of drug-likeness (QED) is 0.557. The van der Waals surface area contributed by atoms with Crippen molar-refractivity contribution in [1.82, 2.24) is 0 Å². The molecular formula is C7H9NaO3S. The Hall–Kier alpha value is 0.130. The molecule has 0 fully saturated rings. The Bertz CT molecular complexity index is 277. The van der Waals surface area contributed by atoms with Crippen molar-refractivity contribution in [2.75, 3.05) is 7.11 Å². The molecule has 5 heteroatoms. The Kier molecular flexibility index (Phi) is 5.78. The zero-order chi connectivity index (χ0) is 8.27.